The molecular formula is C54H50IrN8-4. The molecule has 0 bridgehead atoms. The number of aromatic nitrogens is 2. The standard InChI is InChI=1S/C38H34N6.C16H16N2.Ir/c1-37(2,3)27-19-30(43-35(21-27)32-16-14-29(41-7)18-26(32)24-40)11-9-10-12-31-20-28(38(4,5)6)22-36(44-31)33-15-13-25(23-39)17-34(33)42-8;1-12-9-15-16(10-13(12)2)18(11-17(15)3)14-7-5-4-6-8-14;/h13-14,17-22H,9-12H2,1-6H3;4-7,9-11H,1-3H3;/q2*-2;. The largest absolute Gasteiger partial charge is 0.504 e. The maximum absolute atomic E-state index is 9.76. The first-order chi connectivity index (χ1) is 29.5. The molecule has 1 aliphatic rings. The molecule has 0 N–H and O–H groups in total. The number of pyridine rings is 2. The van der Waals surface area contributed by atoms with Gasteiger partial charge < -0.3 is 19.8 Å². The Morgan fingerprint density at radius 3 is 1.83 bits per heavy atom. The van der Waals surface area contributed by atoms with Crippen molar-refractivity contribution in [2.24, 2.45) is 0 Å². The molecule has 6 aromatic rings. The van der Waals surface area contributed by atoms with Crippen molar-refractivity contribution >= 4 is 28.4 Å². The van der Waals surface area contributed by atoms with Gasteiger partial charge in [-0.05, 0) is 133 Å². The average molecular weight is 1000 g/mol. The summed E-state index contributed by atoms with van der Waals surface area (Å²) < 4.78 is 0. The second-order valence-electron chi connectivity index (χ2n) is 17.7. The number of nitriles is 2. The Morgan fingerprint density at radius 2 is 1.30 bits per heavy atom. The van der Waals surface area contributed by atoms with Gasteiger partial charge in [-0.2, -0.15) is 41.8 Å². The van der Waals surface area contributed by atoms with Crippen LogP contribution >= 0.6 is 0 Å². The topological polar surface area (TPSA) is 88.6 Å². The molecule has 0 spiro atoms. The van der Waals surface area contributed by atoms with E-state index in [4.69, 9.17) is 23.1 Å². The van der Waals surface area contributed by atoms with Crippen molar-refractivity contribution in [2.45, 2.75) is 91.9 Å². The minimum absolute atomic E-state index is 0. The molecule has 0 saturated carbocycles. The van der Waals surface area contributed by atoms with Crippen LogP contribution in [-0.4, -0.2) is 17.0 Å². The van der Waals surface area contributed by atoms with Gasteiger partial charge in [-0.15, -0.1) is 29.4 Å². The quantitative estimate of drug-likeness (QED) is 0.111. The predicted molar refractivity (Wildman–Crippen MR) is 249 cm³/mol. The van der Waals surface area contributed by atoms with Crippen molar-refractivity contribution in [3.05, 3.63) is 177 Å². The Morgan fingerprint density at radius 1 is 0.714 bits per heavy atom. The van der Waals surface area contributed by atoms with Gasteiger partial charge in [0.05, 0.1) is 6.57 Å². The summed E-state index contributed by atoms with van der Waals surface area (Å²) in [5, 5.41) is 19.0. The van der Waals surface area contributed by atoms with Gasteiger partial charge in [0.2, 0.25) is 5.69 Å². The van der Waals surface area contributed by atoms with Gasteiger partial charge in [0.1, 0.15) is 6.57 Å². The van der Waals surface area contributed by atoms with Crippen LogP contribution in [0.4, 0.5) is 28.4 Å². The van der Waals surface area contributed by atoms with Crippen molar-refractivity contribution in [3.8, 4) is 34.7 Å². The first-order valence-corrected chi connectivity index (χ1v) is 20.7. The number of hydrogen-bond donors (Lipinski definition) is 0. The summed E-state index contributed by atoms with van der Waals surface area (Å²) in [6, 6.07) is 41.1. The van der Waals surface area contributed by atoms with Crippen LogP contribution in [0.5, 0.6) is 0 Å². The van der Waals surface area contributed by atoms with E-state index in [1.807, 2.05) is 30.3 Å². The number of anilines is 3. The zero-order valence-electron chi connectivity index (χ0n) is 37.4. The number of fused-ring (bicyclic) bond motifs is 1. The molecule has 0 saturated heterocycles. The predicted octanol–water partition coefficient (Wildman–Crippen LogP) is 13.2. The van der Waals surface area contributed by atoms with E-state index in [1.54, 1.807) is 24.3 Å². The van der Waals surface area contributed by atoms with Gasteiger partial charge >= 0.3 is 0 Å². The molecule has 4 aromatic carbocycles. The third-order valence-corrected chi connectivity index (χ3v) is 10.9. The van der Waals surface area contributed by atoms with Crippen molar-refractivity contribution in [1.82, 2.24) is 9.97 Å². The molecule has 3 heterocycles. The van der Waals surface area contributed by atoms with Crippen molar-refractivity contribution < 1.29 is 20.1 Å². The summed E-state index contributed by atoms with van der Waals surface area (Å²) in [7, 11) is 2.08. The fraction of sp³-hybridized carbons (Fsp3) is 0.278. The van der Waals surface area contributed by atoms with Crippen LogP contribution in [0.3, 0.4) is 0 Å². The fourth-order valence-electron chi connectivity index (χ4n) is 7.14. The number of para-hydroxylation sites is 1. The Labute approximate surface area is 387 Å². The van der Waals surface area contributed by atoms with E-state index in [0.717, 1.165) is 53.9 Å². The molecule has 1 aliphatic heterocycles. The van der Waals surface area contributed by atoms with Gasteiger partial charge in [-0.3, -0.25) is 0 Å². The SMILES string of the molecule is Cc1cc2c(cc1C)N(c1[c-]cccc1)[CH-]N2C.[C-]#[N+]c1c[c-]c(-c2cc(C(C)(C)C)cc(CCCCc3cc(C(C)(C)C)cc(-c4[c-]cc(C#N)cc4[N+]#[C-])n3)n2)c(C#N)c1.[Ir]. The van der Waals surface area contributed by atoms with E-state index >= 15 is 0 Å². The van der Waals surface area contributed by atoms with Crippen LogP contribution in [-0.2, 0) is 43.8 Å². The first kappa shape index (κ1) is 47.4. The van der Waals surface area contributed by atoms with E-state index in [0.29, 0.717) is 45.0 Å². The van der Waals surface area contributed by atoms with Crippen molar-refractivity contribution in [3.63, 3.8) is 0 Å². The molecule has 7 rings (SSSR count). The maximum Gasteiger partial charge on any atom is 0.236 e. The van der Waals surface area contributed by atoms with Gasteiger partial charge in [0, 0.05) is 55.0 Å². The average Bonchev–Trinajstić information content (AvgIpc) is 3.58. The summed E-state index contributed by atoms with van der Waals surface area (Å²) in [4.78, 5) is 21.3. The zero-order valence-corrected chi connectivity index (χ0v) is 39.8. The van der Waals surface area contributed by atoms with Crippen LogP contribution in [0, 0.1) is 74.5 Å². The summed E-state index contributed by atoms with van der Waals surface area (Å²) in [5.74, 6) is 0. The number of hydrogen-bond acceptors (Lipinski definition) is 6. The molecule has 9 heteroatoms. The Bertz CT molecular complexity index is 2650. The molecule has 63 heavy (non-hydrogen) atoms. The maximum atomic E-state index is 9.76. The van der Waals surface area contributed by atoms with Gasteiger partial charge in [-0.25, -0.2) is 15.4 Å². The van der Waals surface area contributed by atoms with E-state index in [1.165, 1.54) is 22.5 Å². The van der Waals surface area contributed by atoms with Crippen LogP contribution in [0.2, 0.25) is 0 Å². The van der Waals surface area contributed by atoms with Crippen molar-refractivity contribution in [1.29, 1.82) is 10.5 Å². The minimum Gasteiger partial charge on any atom is -0.504 e. The Hall–Kier alpha value is -6.61. The van der Waals surface area contributed by atoms with Crippen LogP contribution in [0.15, 0.2) is 84.9 Å². The summed E-state index contributed by atoms with van der Waals surface area (Å²) in [6.45, 7) is 34.3. The Balaban J connectivity index is 0.000000326. The Kier molecular flexibility index (Phi) is 15.1. The molecule has 1 radical (unpaired) electrons. The smallest absolute Gasteiger partial charge is 0.236 e. The first-order valence-electron chi connectivity index (χ1n) is 20.7. The number of benzene rings is 4. The number of rotatable bonds is 8. The van der Waals surface area contributed by atoms with Gasteiger partial charge in [0.15, 0.2) is 5.69 Å². The molecule has 0 amide bonds. The molecule has 0 fully saturated rings. The third-order valence-electron chi connectivity index (χ3n) is 10.9. The van der Waals surface area contributed by atoms with E-state index in [9.17, 15) is 10.5 Å². The number of nitrogens with zero attached hydrogens (tertiary/aromatic N) is 8. The molecule has 2 aromatic heterocycles. The van der Waals surface area contributed by atoms with Gasteiger partial charge in [-0.1, -0.05) is 71.4 Å². The monoisotopic (exact) mass is 1000 g/mol. The molecule has 0 aliphatic carbocycles. The number of aryl methyl sites for hydroxylation is 4. The molecule has 319 valence electrons. The van der Waals surface area contributed by atoms with E-state index < -0.39 is 0 Å². The van der Waals surface area contributed by atoms with Crippen LogP contribution < -0.4 is 9.80 Å². The van der Waals surface area contributed by atoms with E-state index in [-0.39, 0.29) is 30.9 Å². The minimum atomic E-state index is -0.115. The normalized spacial score (nSPS) is 11.8. The van der Waals surface area contributed by atoms with Crippen LogP contribution in [0.25, 0.3) is 32.2 Å². The second kappa shape index (κ2) is 20.1. The number of unbranched alkanes of at least 4 members (excludes halogenated alkanes) is 1. The third kappa shape index (κ3) is 11.3. The molecule has 0 unspecified atom stereocenters. The van der Waals surface area contributed by atoms with E-state index in [2.05, 4.69) is 149 Å². The second-order valence-corrected chi connectivity index (χ2v) is 17.7. The van der Waals surface area contributed by atoms with Crippen molar-refractivity contribution in [2.75, 3.05) is 16.8 Å². The molecular weight excluding hydrogens is 953 g/mol. The molecule has 0 atom stereocenters. The van der Waals surface area contributed by atoms with Gasteiger partial charge in [0.25, 0.3) is 0 Å². The zero-order chi connectivity index (χ0) is 44.8. The summed E-state index contributed by atoms with van der Waals surface area (Å²) >= 11 is 0. The summed E-state index contributed by atoms with van der Waals surface area (Å²) in [5.41, 5.74) is 14.3. The fourth-order valence-corrected chi connectivity index (χ4v) is 7.14. The van der Waals surface area contributed by atoms with Crippen LogP contribution in [0.1, 0.15) is 99.2 Å². The summed E-state index contributed by atoms with van der Waals surface area (Å²) in [6.07, 6.45) is 3.30. The molecule has 8 nitrogen and oxygen atoms in total.